The largest absolute Gasteiger partial charge is 0.374 e. The molecule has 1 atom stereocenters. The Hall–Kier alpha value is -1.10. The third-order valence-electron chi connectivity index (χ3n) is 4.36. The fourth-order valence-electron chi connectivity index (χ4n) is 3.27. The van der Waals surface area contributed by atoms with E-state index in [4.69, 9.17) is 10.5 Å². The molecule has 4 nitrogen and oxygen atoms in total. The number of likely N-dealkylation sites (N-methyl/N-ethyl adjacent to an activating group) is 1. The van der Waals surface area contributed by atoms with Crippen molar-refractivity contribution in [3.8, 4) is 0 Å². The fraction of sp³-hybridized carbons (Fsp3) is 0.625. The second-order valence-corrected chi connectivity index (χ2v) is 5.97. The van der Waals surface area contributed by atoms with Crippen LogP contribution in [0.1, 0.15) is 17.5 Å². The molecule has 0 radical (unpaired) electrons. The lowest BCUT2D eigenvalue weighted by Crippen LogP contribution is -2.47. The molecule has 4 heteroatoms. The van der Waals surface area contributed by atoms with Crippen molar-refractivity contribution in [1.82, 2.24) is 4.90 Å². The number of hydrogen-bond acceptors (Lipinski definition) is 4. The molecule has 2 heterocycles. The highest BCUT2D eigenvalue weighted by Gasteiger charge is 2.23. The number of nitrogens with two attached hydrogens (primary N) is 1. The van der Waals surface area contributed by atoms with E-state index in [-0.39, 0.29) is 0 Å². The van der Waals surface area contributed by atoms with Crippen LogP contribution < -0.4 is 10.6 Å². The molecule has 1 saturated heterocycles. The minimum Gasteiger partial charge on any atom is -0.374 e. The van der Waals surface area contributed by atoms with Crippen molar-refractivity contribution in [2.24, 2.45) is 5.73 Å². The summed E-state index contributed by atoms with van der Waals surface area (Å²) in [6.07, 6.45) is 2.73. The highest BCUT2D eigenvalue weighted by Crippen LogP contribution is 2.28. The Kier molecular flexibility index (Phi) is 4.24. The van der Waals surface area contributed by atoms with E-state index in [1.807, 2.05) is 0 Å². The van der Waals surface area contributed by atoms with Crippen LogP contribution in [-0.2, 0) is 17.7 Å². The average molecular weight is 275 g/mol. The maximum Gasteiger partial charge on any atom is 0.0876 e. The summed E-state index contributed by atoms with van der Waals surface area (Å²) in [5, 5.41) is 0. The maximum absolute atomic E-state index is 5.91. The van der Waals surface area contributed by atoms with Crippen molar-refractivity contribution in [2.45, 2.75) is 25.5 Å². The molecule has 1 unspecified atom stereocenters. The first-order valence-electron chi connectivity index (χ1n) is 7.63. The van der Waals surface area contributed by atoms with Crippen molar-refractivity contribution < 1.29 is 4.74 Å². The summed E-state index contributed by atoms with van der Waals surface area (Å²) in [7, 11) is 2.17. The van der Waals surface area contributed by atoms with Crippen molar-refractivity contribution >= 4 is 5.69 Å². The third kappa shape index (κ3) is 2.97. The quantitative estimate of drug-likeness (QED) is 0.901. The Bertz CT molecular complexity index is 463. The summed E-state index contributed by atoms with van der Waals surface area (Å²) in [5.74, 6) is 0. The summed E-state index contributed by atoms with van der Waals surface area (Å²) in [6, 6.07) is 6.67. The van der Waals surface area contributed by atoms with Gasteiger partial charge in [0, 0.05) is 38.4 Å². The van der Waals surface area contributed by atoms with Gasteiger partial charge in [-0.15, -0.1) is 0 Å². The van der Waals surface area contributed by atoms with Gasteiger partial charge in [-0.1, -0.05) is 12.1 Å². The number of anilines is 1. The molecule has 0 spiro atoms. The molecule has 1 aromatic carbocycles. The Balaban J connectivity index is 1.72. The molecule has 0 aliphatic carbocycles. The van der Waals surface area contributed by atoms with Gasteiger partial charge < -0.3 is 20.3 Å². The first-order valence-corrected chi connectivity index (χ1v) is 7.63. The van der Waals surface area contributed by atoms with Gasteiger partial charge in [-0.05, 0) is 37.1 Å². The number of ether oxygens (including phenoxy) is 1. The van der Waals surface area contributed by atoms with Crippen LogP contribution in [0.4, 0.5) is 5.69 Å². The lowest BCUT2D eigenvalue weighted by atomic mass is 9.98. The first kappa shape index (κ1) is 13.9. The molecule has 20 heavy (non-hydrogen) atoms. The van der Waals surface area contributed by atoms with E-state index in [1.54, 1.807) is 0 Å². The van der Waals surface area contributed by atoms with Gasteiger partial charge in [0.1, 0.15) is 0 Å². The SMILES string of the molecule is CN1CCOC(CN2CCCc3cc(CN)ccc32)C1. The van der Waals surface area contributed by atoms with Gasteiger partial charge in [0.25, 0.3) is 0 Å². The molecule has 2 aliphatic rings. The average Bonchev–Trinajstić information content (AvgIpc) is 2.47. The molecule has 3 rings (SSSR count). The first-order chi connectivity index (χ1) is 9.76. The van der Waals surface area contributed by atoms with E-state index in [9.17, 15) is 0 Å². The normalized spacial score (nSPS) is 23.7. The topological polar surface area (TPSA) is 41.7 Å². The molecular weight excluding hydrogens is 250 g/mol. The van der Waals surface area contributed by atoms with Crippen LogP contribution >= 0.6 is 0 Å². The number of morpholine rings is 1. The van der Waals surface area contributed by atoms with Crippen molar-refractivity contribution in [2.75, 3.05) is 44.7 Å². The summed E-state index contributed by atoms with van der Waals surface area (Å²) in [5.41, 5.74) is 9.81. The summed E-state index contributed by atoms with van der Waals surface area (Å²) >= 11 is 0. The number of benzene rings is 1. The van der Waals surface area contributed by atoms with Crippen LogP contribution in [0.2, 0.25) is 0 Å². The number of nitrogens with zero attached hydrogens (tertiary/aromatic N) is 2. The number of aryl methyl sites for hydroxylation is 1. The Labute approximate surface area is 121 Å². The lowest BCUT2D eigenvalue weighted by molar-refractivity contribution is -0.0148. The molecule has 110 valence electrons. The minimum absolute atomic E-state index is 0.328. The van der Waals surface area contributed by atoms with E-state index >= 15 is 0 Å². The monoisotopic (exact) mass is 275 g/mol. The minimum atomic E-state index is 0.328. The highest BCUT2D eigenvalue weighted by molar-refractivity contribution is 5.57. The number of rotatable bonds is 3. The standard InChI is InChI=1S/C16H25N3O/c1-18-7-8-20-15(11-18)12-19-6-2-3-14-9-13(10-17)4-5-16(14)19/h4-5,9,15H,2-3,6-8,10-12,17H2,1H3. The summed E-state index contributed by atoms with van der Waals surface area (Å²) < 4.78 is 5.91. The molecule has 0 saturated carbocycles. The van der Waals surface area contributed by atoms with E-state index in [1.165, 1.54) is 29.7 Å². The van der Waals surface area contributed by atoms with Gasteiger partial charge in [-0.3, -0.25) is 0 Å². The Morgan fingerprint density at radius 3 is 3.05 bits per heavy atom. The predicted molar refractivity (Wildman–Crippen MR) is 82.1 cm³/mol. The predicted octanol–water partition coefficient (Wildman–Crippen LogP) is 1.23. The smallest absolute Gasteiger partial charge is 0.0876 e. The van der Waals surface area contributed by atoms with Crippen molar-refractivity contribution in [3.05, 3.63) is 29.3 Å². The van der Waals surface area contributed by atoms with Crippen LogP contribution in [0.3, 0.4) is 0 Å². The molecular formula is C16H25N3O. The van der Waals surface area contributed by atoms with Gasteiger partial charge in [0.2, 0.25) is 0 Å². The fourth-order valence-corrected chi connectivity index (χ4v) is 3.27. The van der Waals surface area contributed by atoms with Crippen molar-refractivity contribution in [1.29, 1.82) is 0 Å². The second kappa shape index (κ2) is 6.12. The van der Waals surface area contributed by atoms with Gasteiger partial charge in [-0.25, -0.2) is 0 Å². The zero-order valence-electron chi connectivity index (χ0n) is 12.3. The number of hydrogen-bond donors (Lipinski definition) is 1. The van der Waals surface area contributed by atoms with Gasteiger partial charge in [0.15, 0.2) is 0 Å². The van der Waals surface area contributed by atoms with Crippen LogP contribution in [0.5, 0.6) is 0 Å². The van der Waals surface area contributed by atoms with Crippen molar-refractivity contribution in [3.63, 3.8) is 0 Å². The van der Waals surface area contributed by atoms with E-state index in [2.05, 4.69) is 35.0 Å². The molecule has 1 aromatic rings. The molecule has 2 aliphatic heterocycles. The third-order valence-corrected chi connectivity index (χ3v) is 4.36. The van der Waals surface area contributed by atoms with Crippen LogP contribution in [-0.4, -0.2) is 50.8 Å². The van der Waals surface area contributed by atoms with E-state index in [0.717, 1.165) is 32.8 Å². The highest BCUT2D eigenvalue weighted by atomic mass is 16.5. The molecule has 0 bridgehead atoms. The van der Waals surface area contributed by atoms with E-state index in [0.29, 0.717) is 12.6 Å². The molecule has 2 N–H and O–H groups in total. The zero-order valence-corrected chi connectivity index (χ0v) is 12.3. The number of fused-ring (bicyclic) bond motifs is 1. The molecule has 0 aromatic heterocycles. The van der Waals surface area contributed by atoms with Crippen LogP contribution in [0.15, 0.2) is 18.2 Å². The van der Waals surface area contributed by atoms with Gasteiger partial charge in [0.05, 0.1) is 12.7 Å². The van der Waals surface area contributed by atoms with Gasteiger partial charge in [-0.2, -0.15) is 0 Å². The Morgan fingerprint density at radius 2 is 2.25 bits per heavy atom. The van der Waals surface area contributed by atoms with Crippen LogP contribution in [0.25, 0.3) is 0 Å². The second-order valence-electron chi connectivity index (χ2n) is 5.97. The van der Waals surface area contributed by atoms with E-state index < -0.39 is 0 Å². The maximum atomic E-state index is 5.91. The van der Waals surface area contributed by atoms with Crippen LogP contribution in [0, 0.1) is 0 Å². The molecule has 0 amide bonds. The lowest BCUT2D eigenvalue weighted by Gasteiger charge is -2.37. The molecule has 1 fully saturated rings. The Morgan fingerprint density at radius 1 is 1.35 bits per heavy atom. The zero-order chi connectivity index (χ0) is 13.9. The summed E-state index contributed by atoms with van der Waals surface area (Å²) in [4.78, 5) is 4.85. The summed E-state index contributed by atoms with van der Waals surface area (Å²) in [6.45, 7) is 5.70. The van der Waals surface area contributed by atoms with Gasteiger partial charge >= 0.3 is 0 Å².